The standard InChI is InChI=1S/C15H20ClNO5/c1-21-12-4-3-9(13(16)14(12)22-2)8-17-6-5-10(18)7-11(17)15(19)20/h3-4,10-11,18H,5-8H2,1-2H3,(H,19,20)/t10-,11+/m1/s1. The van der Waals surface area contributed by atoms with E-state index in [2.05, 4.69) is 0 Å². The number of carbonyl (C=O) groups is 1. The molecule has 1 heterocycles. The van der Waals surface area contributed by atoms with Crippen LogP contribution in [0.4, 0.5) is 0 Å². The van der Waals surface area contributed by atoms with Crippen molar-refractivity contribution < 1.29 is 24.5 Å². The van der Waals surface area contributed by atoms with E-state index in [1.165, 1.54) is 14.2 Å². The maximum Gasteiger partial charge on any atom is 0.321 e. The summed E-state index contributed by atoms with van der Waals surface area (Å²) in [6, 6.07) is 2.83. The molecule has 0 aliphatic carbocycles. The number of ether oxygens (including phenoxy) is 2. The van der Waals surface area contributed by atoms with E-state index in [0.29, 0.717) is 36.0 Å². The lowest BCUT2D eigenvalue weighted by Crippen LogP contribution is -2.48. The van der Waals surface area contributed by atoms with Gasteiger partial charge in [0.1, 0.15) is 6.04 Å². The number of piperidine rings is 1. The predicted octanol–water partition coefficient (Wildman–Crippen LogP) is 1.77. The maximum atomic E-state index is 11.4. The summed E-state index contributed by atoms with van der Waals surface area (Å²) in [5, 5.41) is 19.4. The van der Waals surface area contributed by atoms with Crippen LogP contribution in [0, 0.1) is 0 Å². The molecule has 1 aromatic rings. The molecule has 1 aliphatic rings. The molecule has 0 spiro atoms. The van der Waals surface area contributed by atoms with Crippen LogP contribution in [0.25, 0.3) is 0 Å². The Morgan fingerprint density at radius 1 is 1.41 bits per heavy atom. The van der Waals surface area contributed by atoms with Gasteiger partial charge in [-0.25, -0.2) is 0 Å². The van der Waals surface area contributed by atoms with Crippen molar-refractivity contribution >= 4 is 17.6 Å². The van der Waals surface area contributed by atoms with E-state index < -0.39 is 18.1 Å². The second-order valence-corrected chi connectivity index (χ2v) is 5.65. The van der Waals surface area contributed by atoms with Crippen molar-refractivity contribution in [1.82, 2.24) is 4.90 Å². The molecule has 1 saturated heterocycles. The van der Waals surface area contributed by atoms with E-state index in [4.69, 9.17) is 21.1 Å². The zero-order chi connectivity index (χ0) is 16.3. The van der Waals surface area contributed by atoms with Crippen LogP contribution >= 0.6 is 11.6 Å². The summed E-state index contributed by atoms with van der Waals surface area (Å²) in [7, 11) is 3.03. The number of aliphatic carboxylic acids is 1. The highest BCUT2D eigenvalue weighted by molar-refractivity contribution is 6.33. The molecule has 122 valence electrons. The Morgan fingerprint density at radius 2 is 2.14 bits per heavy atom. The summed E-state index contributed by atoms with van der Waals surface area (Å²) < 4.78 is 10.4. The van der Waals surface area contributed by atoms with Crippen LogP contribution < -0.4 is 9.47 Å². The number of rotatable bonds is 5. The molecule has 1 fully saturated rings. The monoisotopic (exact) mass is 329 g/mol. The molecule has 2 rings (SSSR count). The summed E-state index contributed by atoms with van der Waals surface area (Å²) in [4.78, 5) is 13.2. The van der Waals surface area contributed by atoms with Gasteiger partial charge in [0, 0.05) is 13.1 Å². The first-order valence-electron chi connectivity index (χ1n) is 7.02. The second-order valence-electron chi connectivity index (χ2n) is 5.28. The second kappa shape index (κ2) is 7.17. The number of nitrogens with zero attached hydrogens (tertiary/aromatic N) is 1. The van der Waals surface area contributed by atoms with Crippen LogP contribution in [0.2, 0.25) is 5.02 Å². The minimum absolute atomic E-state index is 0.222. The lowest BCUT2D eigenvalue weighted by Gasteiger charge is -2.35. The Kier molecular flexibility index (Phi) is 5.50. The van der Waals surface area contributed by atoms with Gasteiger partial charge in [-0.3, -0.25) is 9.69 Å². The van der Waals surface area contributed by atoms with Crippen molar-refractivity contribution in [3.05, 3.63) is 22.7 Å². The van der Waals surface area contributed by atoms with Crippen molar-refractivity contribution in [2.24, 2.45) is 0 Å². The highest BCUT2D eigenvalue weighted by atomic mass is 35.5. The predicted molar refractivity (Wildman–Crippen MR) is 81.6 cm³/mol. The number of carboxylic acids is 1. The molecular formula is C15H20ClNO5. The molecule has 2 atom stereocenters. The quantitative estimate of drug-likeness (QED) is 0.857. The minimum Gasteiger partial charge on any atom is -0.493 e. The summed E-state index contributed by atoms with van der Waals surface area (Å²) in [5.41, 5.74) is 0.766. The van der Waals surface area contributed by atoms with Crippen LogP contribution in [0.3, 0.4) is 0 Å². The third-order valence-electron chi connectivity index (χ3n) is 3.91. The van der Waals surface area contributed by atoms with Gasteiger partial charge in [-0.1, -0.05) is 17.7 Å². The average molecular weight is 330 g/mol. The molecule has 0 aromatic heterocycles. The molecule has 0 saturated carbocycles. The molecule has 1 aliphatic heterocycles. The molecule has 1 aromatic carbocycles. The van der Waals surface area contributed by atoms with Gasteiger partial charge in [0.25, 0.3) is 0 Å². The zero-order valence-electron chi connectivity index (χ0n) is 12.6. The zero-order valence-corrected chi connectivity index (χ0v) is 13.3. The first kappa shape index (κ1) is 16.9. The molecule has 22 heavy (non-hydrogen) atoms. The van der Waals surface area contributed by atoms with Crippen LogP contribution in [0.1, 0.15) is 18.4 Å². The normalized spacial score (nSPS) is 22.4. The number of aliphatic hydroxyl groups is 1. The number of carboxylic acid groups (broad SMARTS) is 1. The SMILES string of the molecule is COc1ccc(CN2CC[C@@H](O)C[C@H]2C(=O)O)c(Cl)c1OC. The highest BCUT2D eigenvalue weighted by Gasteiger charge is 2.33. The van der Waals surface area contributed by atoms with E-state index in [1.54, 1.807) is 12.1 Å². The maximum absolute atomic E-state index is 11.4. The van der Waals surface area contributed by atoms with Gasteiger partial charge in [-0.2, -0.15) is 0 Å². The largest absolute Gasteiger partial charge is 0.493 e. The third-order valence-corrected chi connectivity index (χ3v) is 4.32. The molecule has 0 radical (unpaired) electrons. The average Bonchev–Trinajstić information content (AvgIpc) is 2.50. The number of hydrogen-bond acceptors (Lipinski definition) is 5. The van der Waals surface area contributed by atoms with Gasteiger partial charge >= 0.3 is 5.97 Å². The first-order valence-corrected chi connectivity index (χ1v) is 7.40. The number of methoxy groups -OCH3 is 2. The van der Waals surface area contributed by atoms with Crippen molar-refractivity contribution in [3.8, 4) is 11.5 Å². The molecule has 0 amide bonds. The van der Waals surface area contributed by atoms with Crippen molar-refractivity contribution in [2.45, 2.75) is 31.5 Å². The van der Waals surface area contributed by atoms with E-state index >= 15 is 0 Å². The Hall–Kier alpha value is -1.50. The van der Waals surface area contributed by atoms with Crippen molar-refractivity contribution in [2.75, 3.05) is 20.8 Å². The molecule has 6 nitrogen and oxygen atoms in total. The smallest absolute Gasteiger partial charge is 0.321 e. The Morgan fingerprint density at radius 3 is 2.73 bits per heavy atom. The molecule has 2 N–H and O–H groups in total. The van der Waals surface area contributed by atoms with Crippen LogP contribution in [-0.2, 0) is 11.3 Å². The number of aliphatic hydroxyl groups excluding tert-OH is 1. The van der Waals surface area contributed by atoms with Crippen molar-refractivity contribution in [3.63, 3.8) is 0 Å². The summed E-state index contributed by atoms with van der Waals surface area (Å²) in [6.45, 7) is 0.881. The number of halogens is 1. The molecule has 7 heteroatoms. The van der Waals surface area contributed by atoms with E-state index in [-0.39, 0.29) is 6.42 Å². The van der Waals surface area contributed by atoms with Crippen LogP contribution in [0.5, 0.6) is 11.5 Å². The topological polar surface area (TPSA) is 79.2 Å². The Bertz CT molecular complexity index is 551. The fourth-order valence-corrected chi connectivity index (χ4v) is 3.01. The first-order chi connectivity index (χ1) is 10.5. The van der Waals surface area contributed by atoms with Gasteiger partial charge in [0.15, 0.2) is 11.5 Å². The summed E-state index contributed by atoms with van der Waals surface area (Å²) >= 11 is 6.34. The number of likely N-dealkylation sites (tertiary alicyclic amines) is 1. The Labute approximate surface area is 134 Å². The lowest BCUT2D eigenvalue weighted by atomic mass is 9.98. The molecule has 0 bridgehead atoms. The minimum atomic E-state index is -0.935. The van der Waals surface area contributed by atoms with E-state index in [1.807, 2.05) is 4.90 Å². The highest BCUT2D eigenvalue weighted by Crippen LogP contribution is 2.38. The van der Waals surface area contributed by atoms with Crippen molar-refractivity contribution in [1.29, 1.82) is 0 Å². The third kappa shape index (κ3) is 3.45. The fraction of sp³-hybridized carbons (Fsp3) is 0.533. The van der Waals surface area contributed by atoms with Gasteiger partial charge < -0.3 is 19.7 Å². The van der Waals surface area contributed by atoms with Crippen LogP contribution in [-0.4, -0.2) is 54.0 Å². The van der Waals surface area contributed by atoms with Gasteiger partial charge in [0.2, 0.25) is 0 Å². The van der Waals surface area contributed by atoms with Gasteiger partial charge in [-0.15, -0.1) is 0 Å². The van der Waals surface area contributed by atoms with Crippen LogP contribution in [0.15, 0.2) is 12.1 Å². The van der Waals surface area contributed by atoms with E-state index in [9.17, 15) is 15.0 Å². The molecule has 0 unspecified atom stereocenters. The summed E-state index contributed by atoms with van der Waals surface area (Å²) in [6.07, 6.45) is 0.202. The van der Waals surface area contributed by atoms with Gasteiger partial charge in [-0.05, 0) is 24.5 Å². The van der Waals surface area contributed by atoms with Gasteiger partial charge in [0.05, 0.1) is 25.3 Å². The lowest BCUT2D eigenvalue weighted by molar-refractivity contribution is -0.146. The Balaban J connectivity index is 2.24. The van der Waals surface area contributed by atoms with E-state index in [0.717, 1.165) is 5.56 Å². The number of hydrogen-bond donors (Lipinski definition) is 2. The fourth-order valence-electron chi connectivity index (χ4n) is 2.71. The summed E-state index contributed by atoms with van der Waals surface area (Å²) in [5.74, 6) is 0.0287. The number of benzene rings is 1. The molecular weight excluding hydrogens is 310 g/mol.